The number of nitrogens with one attached hydrogen (secondary N) is 2. The molecule has 1 aromatic rings. The number of nitrogens with zero attached hydrogens (tertiary/aromatic N) is 1. The number of fused-ring (bicyclic) bond motifs is 1. The number of benzene rings is 1. The van der Waals surface area contributed by atoms with Crippen molar-refractivity contribution in [1.29, 1.82) is 0 Å². The zero-order valence-corrected chi connectivity index (χ0v) is 23.8. The van der Waals surface area contributed by atoms with Gasteiger partial charge in [0.15, 0.2) is 0 Å². The van der Waals surface area contributed by atoms with Crippen LogP contribution in [0.5, 0.6) is 0 Å². The number of carbonyl (C=O) groups excluding carboxylic acids is 3. The van der Waals surface area contributed by atoms with Gasteiger partial charge < -0.3 is 25.0 Å². The van der Waals surface area contributed by atoms with Gasteiger partial charge in [0.1, 0.15) is 11.6 Å². The zero-order chi connectivity index (χ0) is 27.9. The van der Waals surface area contributed by atoms with Crippen LogP contribution < -0.4 is 10.6 Å². The largest absolute Gasteiger partial charge is 0.385 e. The van der Waals surface area contributed by atoms with Crippen LogP contribution in [0.25, 0.3) is 0 Å². The Morgan fingerprint density at radius 3 is 2.59 bits per heavy atom. The van der Waals surface area contributed by atoms with E-state index >= 15 is 0 Å². The van der Waals surface area contributed by atoms with Gasteiger partial charge >= 0.3 is 0 Å². The van der Waals surface area contributed by atoms with E-state index in [9.17, 15) is 14.4 Å². The standard InChI is InChI=1S/C31H43N3O5/c1-18(2)21-10-12-22(13-11-21)32-28(35)25-24-14-15-31(39-24)26(25)30(37)34(16-7-17-38-5)27(31)29(36)33-23-9-6-8-19(3)20(23)4/h10-15,18-20,23-27H,6-9,16-17H2,1-5H3,(H,32,35)(H,33,36)/t19-,20+,23+,24+,25+,26+,27-,31-/m0/s1. The summed E-state index contributed by atoms with van der Waals surface area (Å²) in [6.07, 6.45) is 6.95. The molecule has 39 heavy (non-hydrogen) atoms. The summed E-state index contributed by atoms with van der Waals surface area (Å²) >= 11 is 0. The molecule has 0 unspecified atom stereocenters. The van der Waals surface area contributed by atoms with Crippen LogP contribution in [-0.2, 0) is 23.9 Å². The highest BCUT2D eigenvalue weighted by atomic mass is 16.5. The number of amides is 3. The van der Waals surface area contributed by atoms with E-state index in [4.69, 9.17) is 9.47 Å². The molecule has 8 heteroatoms. The Bertz CT molecular complexity index is 1120. The lowest BCUT2D eigenvalue weighted by Gasteiger charge is -2.38. The molecule has 3 aliphatic heterocycles. The number of hydrogen-bond acceptors (Lipinski definition) is 5. The summed E-state index contributed by atoms with van der Waals surface area (Å²) in [4.78, 5) is 43.2. The van der Waals surface area contributed by atoms with Crippen LogP contribution in [0.2, 0.25) is 0 Å². The molecule has 2 bridgehead atoms. The summed E-state index contributed by atoms with van der Waals surface area (Å²) in [5.74, 6) is -0.821. The average molecular weight is 538 g/mol. The number of carbonyl (C=O) groups is 3. The molecular formula is C31H43N3O5. The molecule has 1 aromatic carbocycles. The van der Waals surface area contributed by atoms with E-state index in [0.717, 1.165) is 19.3 Å². The Morgan fingerprint density at radius 1 is 1.15 bits per heavy atom. The predicted molar refractivity (Wildman–Crippen MR) is 149 cm³/mol. The van der Waals surface area contributed by atoms with Crippen molar-refractivity contribution in [2.75, 3.05) is 25.6 Å². The van der Waals surface area contributed by atoms with E-state index in [1.165, 1.54) is 5.56 Å². The number of hydrogen-bond donors (Lipinski definition) is 2. The molecular weight excluding hydrogens is 494 g/mol. The molecule has 212 valence electrons. The molecule has 1 aliphatic carbocycles. The Hall–Kier alpha value is -2.71. The minimum absolute atomic E-state index is 0.0584. The quantitative estimate of drug-likeness (QED) is 0.368. The number of likely N-dealkylation sites (tertiary alicyclic amines) is 1. The predicted octanol–water partition coefficient (Wildman–Crippen LogP) is 3.88. The third-order valence-electron chi connectivity index (χ3n) is 9.55. The molecule has 1 spiro atoms. The maximum absolute atomic E-state index is 14.0. The fraction of sp³-hybridized carbons (Fsp3) is 0.645. The molecule has 0 aromatic heterocycles. The van der Waals surface area contributed by atoms with Gasteiger partial charge in [-0.2, -0.15) is 0 Å². The van der Waals surface area contributed by atoms with Gasteiger partial charge in [0.05, 0.1) is 17.9 Å². The number of methoxy groups -OCH3 is 1. The monoisotopic (exact) mass is 537 g/mol. The lowest BCUT2D eigenvalue weighted by atomic mass is 9.73. The summed E-state index contributed by atoms with van der Waals surface area (Å²) in [7, 11) is 1.62. The van der Waals surface area contributed by atoms with Gasteiger partial charge in [0.2, 0.25) is 17.7 Å². The fourth-order valence-electron chi connectivity index (χ4n) is 7.11. The first kappa shape index (κ1) is 27.8. The third kappa shape index (κ3) is 4.91. The van der Waals surface area contributed by atoms with Crippen LogP contribution in [0.15, 0.2) is 36.4 Å². The van der Waals surface area contributed by atoms with Gasteiger partial charge in [-0.05, 0) is 48.3 Å². The maximum Gasteiger partial charge on any atom is 0.246 e. The minimum Gasteiger partial charge on any atom is -0.385 e. The summed E-state index contributed by atoms with van der Waals surface area (Å²) in [6, 6.07) is 7.03. The van der Waals surface area contributed by atoms with E-state index in [0.29, 0.717) is 43.0 Å². The van der Waals surface area contributed by atoms with Gasteiger partial charge in [-0.3, -0.25) is 14.4 Å². The van der Waals surface area contributed by atoms with E-state index in [2.05, 4.69) is 38.3 Å². The Balaban J connectivity index is 1.40. The van der Waals surface area contributed by atoms with Gasteiger partial charge in [-0.25, -0.2) is 0 Å². The van der Waals surface area contributed by atoms with Gasteiger partial charge in [-0.1, -0.05) is 64.8 Å². The van der Waals surface area contributed by atoms with Crippen LogP contribution in [0.1, 0.15) is 64.9 Å². The van der Waals surface area contributed by atoms with Gasteiger partial charge in [0.25, 0.3) is 0 Å². The highest BCUT2D eigenvalue weighted by Gasteiger charge is 2.72. The number of anilines is 1. The second kappa shape index (κ2) is 11.0. The SMILES string of the molecule is COCCCN1C(=O)[C@H]2[C@H](C(=O)Nc3ccc(C(C)C)cc3)[C@H]3C=C[C@@]2(O3)[C@@H]1C(=O)N[C@@H]1CCC[C@H](C)[C@H]1C. The molecule has 2 saturated heterocycles. The highest BCUT2D eigenvalue weighted by molar-refractivity contribution is 6.02. The molecule has 3 amide bonds. The van der Waals surface area contributed by atoms with Crippen molar-refractivity contribution < 1.29 is 23.9 Å². The Morgan fingerprint density at radius 2 is 1.90 bits per heavy atom. The van der Waals surface area contributed by atoms with E-state index < -0.39 is 29.6 Å². The van der Waals surface area contributed by atoms with Crippen LogP contribution in [0.4, 0.5) is 5.69 Å². The van der Waals surface area contributed by atoms with Gasteiger partial charge in [-0.15, -0.1) is 0 Å². The molecule has 8 nitrogen and oxygen atoms in total. The van der Waals surface area contributed by atoms with Crippen LogP contribution >= 0.6 is 0 Å². The van der Waals surface area contributed by atoms with Crippen LogP contribution in [-0.4, -0.2) is 66.7 Å². The van der Waals surface area contributed by atoms with Gasteiger partial charge in [0, 0.05) is 32.0 Å². The fourth-order valence-corrected chi connectivity index (χ4v) is 7.11. The topological polar surface area (TPSA) is 97.0 Å². The van der Waals surface area contributed by atoms with Crippen molar-refractivity contribution in [2.45, 2.75) is 83.1 Å². The van der Waals surface area contributed by atoms with Crippen molar-refractivity contribution >= 4 is 23.4 Å². The lowest BCUT2D eigenvalue weighted by molar-refractivity contribution is -0.141. The molecule has 1 saturated carbocycles. The number of ether oxygens (including phenoxy) is 2. The zero-order valence-electron chi connectivity index (χ0n) is 23.8. The van der Waals surface area contributed by atoms with Crippen LogP contribution in [0, 0.1) is 23.7 Å². The average Bonchev–Trinajstić information content (AvgIpc) is 3.55. The Labute approximate surface area is 231 Å². The minimum atomic E-state index is -1.15. The highest BCUT2D eigenvalue weighted by Crippen LogP contribution is 2.55. The molecule has 5 rings (SSSR count). The molecule has 3 heterocycles. The van der Waals surface area contributed by atoms with Crippen LogP contribution in [0.3, 0.4) is 0 Å². The second-order valence-electron chi connectivity index (χ2n) is 12.2. The first-order valence-corrected chi connectivity index (χ1v) is 14.6. The normalized spacial score (nSPS) is 35.0. The number of rotatable bonds is 9. The molecule has 3 fully saturated rings. The van der Waals surface area contributed by atoms with E-state index in [1.807, 2.05) is 36.4 Å². The van der Waals surface area contributed by atoms with Crippen molar-refractivity contribution in [1.82, 2.24) is 10.2 Å². The van der Waals surface area contributed by atoms with Crippen molar-refractivity contribution in [2.24, 2.45) is 23.7 Å². The van der Waals surface area contributed by atoms with E-state index in [1.54, 1.807) is 12.0 Å². The first-order valence-electron chi connectivity index (χ1n) is 14.6. The van der Waals surface area contributed by atoms with Crippen molar-refractivity contribution in [3.05, 3.63) is 42.0 Å². The molecule has 8 atom stereocenters. The molecule has 0 radical (unpaired) electrons. The smallest absolute Gasteiger partial charge is 0.246 e. The van der Waals surface area contributed by atoms with E-state index in [-0.39, 0.29) is 23.8 Å². The lowest BCUT2D eigenvalue weighted by Crippen LogP contribution is -2.58. The first-order chi connectivity index (χ1) is 18.7. The summed E-state index contributed by atoms with van der Waals surface area (Å²) in [5.41, 5.74) is 0.722. The summed E-state index contributed by atoms with van der Waals surface area (Å²) < 4.78 is 11.7. The summed E-state index contributed by atoms with van der Waals surface area (Å²) in [5, 5.41) is 6.30. The van der Waals surface area contributed by atoms with Crippen molar-refractivity contribution in [3.8, 4) is 0 Å². The third-order valence-corrected chi connectivity index (χ3v) is 9.55. The van der Waals surface area contributed by atoms with Crippen molar-refractivity contribution in [3.63, 3.8) is 0 Å². The second-order valence-corrected chi connectivity index (χ2v) is 12.2. The Kier molecular flexibility index (Phi) is 7.89. The maximum atomic E-state index is 14.0. The molecule has 4 aliphatic rings. The molecule has 2 N–H and O–H groups in total. The summed E-state index contributed by atoms with van der Waals surface area (Å²) in [6.45, 7) is 9.51.